The summed E-state index contributed by atoms with van der Waals surface area (Å²) in [6.07, 6.45) is 3.18. The molecule has 1 N–H and O–H groups in total. The second-order valence-electron chi connectivity index (χ2n) is 5.97. The van der Waals surface area contributed by atoms with E-state index >= 15 is 0 Å². The standard InChI is InChI=1S/C15H29N3/c1-7-12-10-13(8-2)18(17-12)14(9-3)11-16-15(4,5)6/h10,14,16H,7-9,11H2,1-6H3. The lowest BCUT2D eigenvalue weighted by Gasteiger charge is -2.26. The summed E-state index contributed by atoms with van der Waals surface area (Å²) in [6.45, 7) is 14.2. The lowest BCUT2D eigenvalue weighted by atomic mass is 10.1. The van der Waals surface area contributed by atoms with Crippen LogP contribution in [-0.4, -0.2) is 21.9 Å². The van der Waals surface area contributed by atoms with Crippen LogP contribution in [0.1, 0.15) is 65.4 Å². The van der Waals surface area contributed by atoms with E-state index in [2.05, 4.69) is 57.6 Å². The smallest absolute Gasteiger partial charge is 0.0644 e. The van der Waals surface area contributed by atoms with Crippen molar-refractivity contribution in [2.45, 2.75) is 72.4 Å². The predicted molar refractivity (Wildman–Crippen MR) is 78.1 cm³/mol. The van der Waals surface area contributed by atoms with Gasteiger partial charge in [-0.3, -0.25) is 4.68 Å². The average Bonchev–Trinajstić information content (AvgIpc) is 2.72. The second kappa shape index (κ2) is 6.37. The highest BCUT2D eigenvalue weighted by Crippen LogP contribution is 2.17. The fourth-order valence-electron chi connectivity index (χ4n) is 2.07. The van der Waals surface area contributed by atoms with Gasteiger partial charge in [-0.25, -0.2) is 0 Å². The first-order valence-electron chi connectivity index (χ1n) is 7.23. The van der Waals surface area contributed by atoms with Crippen molar-refractivity contribution >= 4 is 0 Å². The number of aromatic nitrogens is 2. The fourth-order valence-corrected chi connectivity index (χ4v) is 2.07. The topological polar surface area (TPSA) is 29.9 Å². The molecule has 0 aliphatic rings. The van der Waals surface area contributed by atoms with E-state index in [1.807, 2.05) is 0 Å². The molecule has 1 atom stereocenters. The third kappa shape index (κ3) is 4.13. The van der Waals surface area contributed by atoms with Gasteiger partial charge in [-0.05, 0) is 46.1 Å². The number of aryl methyl sites for hydroxylation is 2. The maximum absolute atomic E-state index is 4.75. The van der Waals surface area contributed by atoms with E-state index in [0.29, 0.717) is 6.04 Å². The van der Waals surface area contributed by atoms with Crippen LogP contribution in [0.4, 0.5) is 0 Å². The first-order valence-corrected chi connectivity index (χ1v) is 7.23. The molecular weight excluding hydrogens is 222 g/mol. The Kier molecular flexibility index (Phi) is 5.39. The number of nitrogens with one attached hydrogen (secondary N) is 1. The van der Waals surface area contributed by atoms with Gasteiger partial charge in [0.1, 0.15) is 0 Å². The van der Waals surface area contributed by atoms with Crippen molar-refractivity contribution < 1.29 is 0 Å². The zero-order valence-electron chi connectivity index (χ0n) is 12.9. The minimum absolute atomic E-state index is 0.167. The SMILES string of the molecule is CCc1cc(CC)n(C(CC)CNC(C)(C)C)n1. The van der Waals surface area contributed by atoms with Crippen LogP contribution in [0.15, 0.2) is 6.07 Å². The van der Waals surface area contributed by atoms with Crippen molar-refractivity contribution in [3.05, 3.63) is 17.5 Å². The van der Waals surface area contributed by atoms with Gasteiger partial charge in [0.15, 0.2) is 0 Å². The zero-order valence-corrected chi connectivity index (χ0v) is 12.9. The van der Waals surface area contributed by atoms with Gasteiger partial charge in [0.2, 0.25) is 0 Å². The number of hydrogen-bond acceptors (Lipinski definition) is 2. The maximum atomic E-state index is 4.75. The quantitative estimate of drug-likeness (QED) is 0.840. The van der Waals surface area contributed by atoms with Crippen LogP contribution < -0.4 is 5.32 Å². The molecule has 3 nitrogen and oxygen atoms in total. The summed E-state index contributed by atoms with van der Waals surface area (Å²) in [7, 11) is 0. The van der Waals surface area contributed by atoms with Crippen molar-refractivity contribution in [3.8, 4) is 0 Å². The van der Waals surface area contributed by atoms with E-state index in [1.54, 1.807) is 0 Å². The van der Waals surface area contributed by atoms with Gasteiger partial charge in [-0.2, -0.15) is 5.10 Å². The van der Waals surface area contributed by atoms with Crippen LogP contribution in [0.5, 0.6) is 0 Å². The van der Waals surface area contributed by atoms with Gasteiger partial charge in [0, 0.05) is 17.8 Å². The molecule has 104 valence electrons. The summed E-state index contributed by atoms with van der Waals surface area (Å²) in [5.74, 6) is 0. The molecule has 18 heavy (non-hydrogen) atoms. The van der Waals surface area contributed by atoms with E-state index in [-0.39, 0.29) is 5.54 Å². The molecule has 0 fully saturated rings. The molecule has 0 spiro atoms. The monoisotopic (exact) mass is 251 g/mol. The van der Waals surface area contributed by atoms with Crippen LogP contribution in [0.3, 0.4) is 0 Å². The van der Waals surface area contributed by atoms with Crippen molar-refractivity contribution in [2.75, 3.05) is 6.54 Å². The van der Waals surface area contributed by atoms with Crippen molar-refractivity contribution in [1.82, 2.24) is 15.1 Å². The highest BCUT2D eigenvalue weighted by atomic mass is 15.3. The van der Waals surface area contributed by atoms with Crippen molar-refractivity contribution in [3.63, 3.8) is 0 Å². The Morgan fingerprint density at radius 2 is 1.89 bits per heavy atom. The third-order valence-electron chi connectivity index (χ3n) is 3.27. The van der Waals surface area contributed by atoms with E-state index in [1.165, 1.54) is 11.4 Å². The Hall–Kier alpha value is -0.830. The maximum Gasteiger partial charge on any atom is 0.0644 e. The van der Waals surface area contributed by atoms with Crippen LogP contribution in [-0.2, 0) is 12.8 Å². The Morgan fingerprint density at radius 3 is 2.33 bits per heavy atom. The summed E-state index contributed by atoms with van der Waals surface area (Å²) in [6, 6.07) is 2.71. The van der Waals surface area contributed by atoms with Crippen molar-refractivity contribution in [1.29, 1.82) is 0 Å². The molecule has 1 heterocycles. The molecule has 0 saturated heterocycles. The molecule has 1 unspecified atom stereocenters. The molecule has 0 aliphatic carbocycles. The number of nitrogens with zero attached hydrogens (tertiary/aromatic N) is 2. The van der Waals surface area contributed by atoms with E-state index in [4.69, 9.17) is 5.10 Å². The van der Waals surface area contributed by atoms with Gasteiger partial charge in [0.25, 0.3) is 0 Å². The van der Waals surface area contributed by atoms with Crippen LogP contribution >= 0.6 is 0 Å². The van der Waals surface area contributed by atoms with Crippen LogP contribution in [0, 0.1) is 0 Å². The number of hydrogen-bond donors (Lipinski definition) is 1. The molecule has 0 amide bonds. The molecule has 0 bridgehead atoms. The molecular formula is C15H29N3. The van der Waals surface area contributed by atoms with Gasteiger partial charge in [-0.15, -0.1) is 0 Å². The molecule has 1 aromatic rings. The van der Waals surface area contributed by atoms with Gasteiger partial charge < -0.3 is 5.32 Å². The average molecular weight is 251 g/mol. The largest absolute Gasteiger partial charge is 0.310 e. The molecule has 1 aromatic heterocycles. The van der Waals surface area contributed by atoms with Gasteiger partial charge >= 0.3 is 0 Å². The summed E-state index contributed by atoms with van der Waals surface area (Å²) in [5, 5.41) is 8.34. The summed E-state index contributed by atoms with van der Waals surface area (Å²) in [5.41, 5.74) is 2.73. The summed E-state index contributed by atoms with van der Waals surface area (Å²) >= 11 is 0. The van der Waals surface area contributed by atoms with Crippen molar-refractivity contribution in [2.24, 2.45) is 0 Å². The molecule has 0 aliphatic heterocycles. The third-order valence-corrected chi connectivity index (χ3v) is 3.27. The fraction of sp³-hybridized carbons (Fsp3) is 0.800. The summed E-state index contributed by atoms with van der Waals surface area (Å²) in [4.78, 5) is 0. The van der Waals surface area contributed by atoms with E-state index < -0.39 is 0 Å². The molecule has 0 radical (unpaired) electrons. The Labute approximate surface area is 112 Å². The van der Waals surface area contributed by atoms with Crippen LogP contribution in [0.25, 0.3) is 0 Å². The molecule has 0 saturated carbocycles. The molecule has 0 aromatic carbocycles. The predicted octanol–water partition coefficient (Wildman–Crippen LogP) is 3.35. The summed E-state index contributed by atoms with van der Waals surface area (Å²) < 4.78 is 2.23. The van der Waals surface area contributed by atoms with Gasteiger partial charge in [-0.1, -0.05) is 20.8 Å². The lowest BCUT2D eigenvalue weighted by Crippen LogP contribution is -2.40. The Bertz CT molecular complexity index is 360. The van der Waals surface area contributed by atoms with E-state index in [9.17, 15) is 0 Å². The Morgan fingerprint density at radius 1 is 1.22 bits per heavy atom. The Balaban J connectivity index is 2.83. The zero-order chi connectivity index (χ0) is 13.8. The lowest BCUT2D eigenvalue weighted by molar-refractivity contribution is 0.339. The highest BCUT2D eigenvalue weighted by Gasteiger charge is 2.17. The van der Waals surface area contributed by atoms with E-state index in [0.717, 1.165) is 25.8 Å². The number of rotatable bonds is 6. The minimum Gasteiger partial charge on any atom is -0.310 e. The molecule has 1 rings (SSSR count). The minimum atomic E-state index is 0.167. The highest BCUT2D eigenvalue weighted by molar-refractivity contribution is 5.11. The first-order chi connectivity index (χ1) is 8.41. The molecule has 3 heteroatoms. The van der Waals surface area contributed by atoms with Crippen LogP contribution in [0.2, 0.25) is 0 Å². The second-order valence-corrected chi connectivity index (χ2v) is 5.97. The first kappa shape index (κ1) is 15.2. The normalized spacial score (nSPS) is 13.9. The van der Waals surface area contributed by atoms with Gasteiger partial charge in [0.05, 0.1) is 11.7 Å².